The predicted octanol–water partition coefficient (Wildman–Crippen LogP) is 2.30. The lowest BCUT2D eigenvalue weighted by atomic mass is 10.2. The van der Waals surface area contributed by atoms with Crippen LogP contribution in [0.1, 0.15) is 31.9 Å². The largest absolute Gasteiger partial charge is 0.315 e. The maximum absolute atomic E-state index is 4.71. The Morgan fingerprint density at radius 2 is 2.35 bits per heavy atom. The Labute approximate surface area is 120 Å². The van der Waals surface area contributed by atoms with Gasteiger partial charge in [-0.15, -0.1) is 0 Å². The van der Waals surface area contributed by atoms with E-state index in [1.165, 1.54) is 31.5 Å². The lowest BCUT2D eigenvalue weighted by Crippen LogP contribution is -2.37. The summed E-state index contributed by atoms with van der Waals surface area (Å²) >= 11 is 0. The quantitative estimate of drug-likeness (QED) is 0.819. The molecular formula is C16H24N4. The molecule has 0 aliphatic carbocycles. The fourth-order valence-electron chi connectivity index (χ4n) is 3.05. The number of likely N-dealkylation sites (tertiary alicyclic amines) is 1. The van der Waals surface area contributed by atoms with E-state index in [2.05, 4.69) is 40.0 Å². The fourth-order valence-corrected chi connectivity index (χ4v) is 3.05. The third-order valence-electron chi connectivity index (χ3n) is 4.08. The van der Waals surface area contributed by atoms with E-state index in [1.807, 2.05) is 12.1 Å². The number of nitrogens with zero attached hydrogens (tertiary/aromatic N) is 3. The molecule has 0 aromatic carbocycles. The Kier molecular flexibility index (Phi) is 4.33. The third-order valence-corrected chi connectivity index (χ3v) is 4.08. The molecule has 2 aromatic rings. The van der Waals surface area contributed by atoms with Gasteiger partial charge in [0, 0.05) is 31.5 Å². The molecule has 0 bridgehead atoms. The lowest BCUT2D eigenvalue weighted by molar-refractivity contribution is 0.237. The smallest absolute Gasteiger partial charge is 0.137 e. The van der Waals surface area contributed by atoms with Crippen molar-refractivity contribution in [1.82, 2.24) is 19.6 Å². The summed E-state index contributed by atoms with van der Waals surface area (Å²) in [4.78, 5) is 7.28. The molecule has 0 amide bonds. The summed E-state index contributed by atoms with van der Waals surface area (Å²) < 4.78 is 2.11. The van der Waals surface area contributed by atoms with Crippen molar-refractivity contribution in [2.24, 2.45) is 0 Å². The number of rotatable bonds is 6. The first-order valence-electron chi connectivity index (χ1n) is 7.74. The van der Waals surface area contributed by atoms with Crippen LogP contribution in [0.2, 0.25) is 0 Å². The molecule has 108 valence electrons. The Hall–Kier alpha value is -1.39. The van der Waals surface area contributed by atoms with E-state index < -0.39 is 0 Å². The predicted molar refractivity (Wildman–Crippen MR) is 81.8 cm³/mol. The van der Waals surface area contributed by atoms with Gasteiger partial charge in [0.1, 0.15) is 5.65 Å². The van der Waals surface area contributed by atoms with Gasteiger partial charge in [-0.05, 0) is 44.5 Å². The molecule has 1 aliphatic heterocycles. The van der Waals surface area contributed by atoms with Crippen LogP contribution in [-0.2, 0) is 6.54 Å². The summed E-state index contributed by atoms with van der Waals surface area (Å²) in [6.45, 7) is 6.63. The maximum atomic E-state index is 4.71. The first-order chi connectivity index (χ1) is 9.86. The summed E-state index contributed by atoms with van der Waals surface area (Å²) in [6, 6.07) is 6.82. The summed E-state index contributed by atoms with van der Waals surface area (Å²) in [5.41, 5.74) is 2.22. The zero-order valence-electron chi connectivity index (χ0n) is 12.3. The van der Waals surface area contributed by atoms with Crippen molar-refractivity contribution in [2.75, 3.05) is 19.6 Å². The van der Waals surface area contributed by atoms with E-state index in [1.54, 1.807) is 0 Å². The molecule has 3 rings (SSSR count). The van der Waals surface area contributed by atoms with Gasteiger partial charge in [-0.25, -0.2) is 4.98 Å². The van der Waals surface area contributed by atoms with Crippen molar-refractivity contribution in [2.45, 2.75) is 38.8 Å². The molecule has 20 heavy (non-hydrogen) atoms. The maximum Gasteiger partial charge on any atom is 0.137 e. The molecule has 0 radical (unpaired) electrons. The molecule has 3 heterocycles. The van der Waals surface area contributed by atoms with Gasteiger partial charge in [0.2, 0.25) is 0 Å². The van der Waals surface area contributed by atoms with E-state index in [-0.39, 0.29) is 0 Å². The standard InChI is InChI=1S/C16H24N4/c1-2-8-17-11-15-6-5-10-19(15)12-14-13-20-9-4-3-7-16(20)18-14/h3-4,7,9,13,15,17H,2,5-6,8,10-12H2,1H3. The van der Waals surface area contributed by atoms with Crippen LogP contribution in [0.25, 0.3) is 5.65 Å². The number of imidazole rings is 1. The van der Waals surface area contributed by atoms with Crippen molar-refractivity contribution < 1.29 is 0 Å². The molecule has 1 unspecified atom stereocenters. The van der Waals surface area contributed by atoms with E-state index in [9.17, 15) is 0 Å². The summed E-state index contributed by atoms with van der Waals surface area (Å²) in [5.74, 6) is 0. The fraction of sp³-hybridized carbons (Fsp3) is 0.562. The minimum absolute atomic E-state index is 0.673. The highest BCUT2D eigenvalue weighted by atomic mass is 15.2. The van der Waals surface area contributed by atoms with Gasteiger partial charge in [-0.3, -0.25) is 4.90 Å². The van der Waals surface area contributed by atoms with Gasteiger partial charge in [0.05, 0.1) is 5.69 Å². The highest BCUT2D eigenvalue weighted by Crippen LogP contribution is 2.19. The van der Waals surface area contributed by atoms with Gasteiger partial charge >= 0.3 is 0 Å². The van der Waals surface area contributed by atoms with Gasteiger partial charge in [0.25, 0.3) is 0 Å². The zero-order chi connectivity index (χ0) is 13.8. The summed E-state index contributed by atoms with van der Waals surface area (Å²) in [5, 5.41) is 3.55. The van der Waals surface area contributed by atoms with Crippen LogP contribution in [0, 0.1) is 0 Å². The molecule has 4 nitrogen and oxygen atoms in total. The number of hydrogen-bond donors (Lipinski definition) is 1. The van der Waals surface area contributed by atoms with E-state index in [4.69, 9.17) is 4.98 Å². The summed E-state index contributed by atoms with van der Waals surface area (Å²) in [6.07, 6.45) is 8.05. The molecule has 0 saturated carbocycles. The van der Waals surface area contributed by atoms with Crippen molar-refractivity contribution in [1.29, 1.82) is 0 Å². The minimum atomic E-state index is 0.673. The number of hydrogen-bond acceptors (Lipinski definition) is 3. The van der Waals surface area contributed by atoms with E-state index in [0.717, 1.165) is 25.3 Å². The summed E-state index contributed by atoms with van der Waals surface area (Å²) in [7, 11) is 0. The van der Waals surface area contributed by atoms with Crippen LogP contribution in [0.4, 0.5) is 0 Å². The molecular weight excluding hydrogens is 248 g/mol. The van der Waals surface area contributed by atoms with Crippen LogP contribution in [0.15, 0.2) is 30.6 Å². The minimum Gasteiger partial charge on any atom is -0.315 e. The van der Waals surface area contributed by atoms with Crippen molar-refractivity contribution >= 4 is 5.65 Å². The molecule has 1 fully saturated rings. The highest BCUT2D eigenvalue weighted by molar-refractivity contribution is 5.39. The van der Waals surface area contributed by atoms with Crippen LogP contribution in [0.3, 0.4) is 0 Å². The molecule has 1 saturated heterocycles. The Bertz CT molecular complexity index is 515. The average molecular weight is 272 g/mol. The second kappa shape index (κ2) is 6.37. The first kappa shape index (κ1) is 13.6. The monoisotopic (exact) mass is 272 g/mol. The van der Waals surface area contributed by atoms with Gasteiger partial charge in [-0.2, -0.15) is 0 Å². The van der Waals surface area contributed by atoms with Gasteiger partial charge in [-0.1, -0.05) is 13.0 Å². The van der Waals surface area contributed by atoms with Crippen molar-refractivity contribution in [3.8, 4) is 0 Å². The van der Waals surface area contributed by atoms with E-state index in [0.29, 0.717) is 6.04 Å². The molecule has 1 aliphatic rings. The van der Waals surface area contributed by atoms with Crippen molar-refractivity contribution in [3.63, 3.8) is 0 Å². The van der Waals surface area contributed by atoms with Crippen molar-refractivity contribution in [3.05, 3.63) is 36.3 Å². The average Bonchev–Trinajstić information content (AvgIpc) is 3.06. The molecule has 1 atom stereocenters. The SMILES string of the molecule is CCCNCC1CCCN1Cc1cn2ccccc2n1. The number of pyridine rings is 1. The Balaban J connectivity index is 1.63. The number of fused-ring (bicyclic) bond motifs is 1. The van der Waals surface area contributed by atoms with Crippen LogP contribution < -0.4 is 5.32 Å². The van der Waals surface area contributed by atoms with Gasteiger partial charge in [0.15, 0.2) is 0 Å². The normalized spacial score (nSPS) is 19.9. The lowest BCUT2D eigenvalue weighted by Gasteiger charge is -2.23. The van der Waals surface area contributed by atoms with Gasteiger partial charge < -0.3 is 9.72 Å². The number of nitrogens with one attached hydrogen (secondary N) is 1. The third kappa shape index (κ3) is 3.02. The zero-order valence-corrected chi connectivity index (χ0v) is 12.3. The van der Waals surface area contributed by atoms with Crippen LogP contribution in [0.5, 0.6) is 0 Å². The van der Waals surface area contributed by atoms with Crippen LogP contribution >= 0.6 is 0 Å². The molecule has 0 spiro atoms. The highest BCUT2D eigenvalue weighted by Gasteiger charge is 2.24. The first-order valence-corrected chi connectivity index (χ1v) is 7.74. The van der Waals surface area contributed by atoms with Crippen LogP contribution in [-0.4, -0.2) is 40.0 Å². The second-order valence-corrected chi connectivity index (χ2v) is 5.67. The van der Waals surface area contributed by atoms with E-state index >= 15 is 0 Å². The second-order valence-electron chi connectivity index (χ2n) is 5.67. The Morgan fingerprint density at radius 3 is 3.20 bits per heavy atom. The Morgan fingerprint density at radius 1 is 1.40 bits per heavy atom. The molecule has 2 aromatic heterocycles. The number of aromatic nitrogens is 2. The topological polar surface area (TPSA) is 32.6 Å². The molecule has 1 N–H and O–H groups in total. The molecule has 4 heteroatoms.